The van der Waals surface area contributed by atoms with Gasteiger partial charge in [0, 0.05) is 0 Å². The van der Waals surface area contributed by atoms with Crippen LogP contribution in [0.2, 0.25) is 0 Å². The summed E-state index contributed by atoms with van der Waals surface area (Å²) in [5.41, 5.74) is -5.80. The minimum atomic E-state index is -6.19. The van der Waals surface area contributed by atoms with Crippen molar-refractivity contribution < 1.29 is 33.6 Å². The van der Waals surface area contributed by atoms with Gasteiger partial charge in [-0.2, -0.15) is 30.0 Å². The van der Waals surface area contributed by atoms with Gasteiger partial charge in [-0.3, -0.25) is 0 Å². The number of hydrogen-bond acceptors (Lipinski definition) is 5. The van der Waals surface area contributed by atoms with E-state index in [1.165, 1.54) is 18.2 Å². The molecule has 5 nitrogen and oxygen atoms in total. The summed E-state index contributed by atoms with van der Waals surface area (Å²) in [6.07, 6.45) is 0. The summed E-state index contributed by atoms with van der Waals surface area (Å²) >= 11 is 0. The summed E-state index contributed by atoms with van der Waals surface area (Å²) in [6, 6.07) is 5.62. The van der Waals surface area contributed by atoms with Crippen molar-refractivity contribution in [3.63, 3.8) is 0 Å². The van der Waals surface area contributed by atoms with Gasteiger partial charge >= 0.3 is 25.7 Å². The van der Waals surface area contributed by atoms with Gasteiger partial charge in [0.1, 0.15) is 0 Å². The third kappa shape index (κ3) is 3.17. The molecule has 0 radical (unpaired) electrons. The van der Waals surface area contributed by atoms with Gasteiger partial charge in [-0.1, -0.05) is 18.2 Å². The summed E-state index contributed by atoms with van der Waals surface area (Å²) < 4.78 is 82.3. The van der Waals surface area contributed by atoms with E-state index in [9.17, 15) is 30.0 Å². The van der Waals surface area contributed by atoms with Crippen molar-refractivity contribution in [1.82, 2.24) is 0 Å². The summed E-state index contributed by atoms with van der Waals surface area (Å²) in [5.74, 6) is 0. The lowest BCUT2D eigenvalue weighted by molar-refractivity contribution is -0.0498. The first-order chi connectivity index (χ1) is 7.56. The fraction of sp³-hybridized carbons (Fsp3) is 0.143. The van der Waals surface area contributed by atoms with Crippen LogP contribution in [0.5, 0.6) is 0 Å². The molecule has 0 saturated heterocycles. The molecule has 0 fully saturated rings. The van der Waals surface area contributed by atoms with Gasteiger partial charge in [0.25, 0.3) is 0 Å². The second-order valence-electron chi connectivity index (χ2n) is 2.74. The first-order valence-corrected chi connectivity index (χ1v) is 6.70. The quantitative estimate of drug-likeness (QED) is 0.783. The largest absolute Gasteiger partial charge is 0.524 e. The van der Waals surface area contributed by atoms with E-state index in [0.717, 1.165) is 12.1 Å². The van der Waals surface area contributed by atoms with Crippen molar-refractivity contribution in [2.45, 2.75) is 10.4 Å². The van der Waals surface area contributed by atoms with E-state index in [2.05, 4.69) is 3.63 Å². The number of hydrogen-bond donors (Lipinski definition) is 0. The lowest BCUT2D eigenvalue weighted by Crippen LogP contribution is -2.28. The molecule has 0 aliphatic carbocycles. The highest BCUT2D eigenvalue weighted by atomic mass is 32.3. The van der Waals surface area contributed by atoms with Crippen molar-refractivity contribution in [2.75, 3.05) is 0 Å². The SMILES string of the molecule is O=S(=O)(OS(=O)(=O)C(F)(F)F)c1ccccc1. The maximum absolute atomic E-state index is 11.9. The van der Waals surface area contributed by atoms with Crippen LogP contribution in [0.4, 0.5) is 13.2 Å². The number of alkyl halides is 3. The molecule has 0 unspecified atom stereocenters. The van der Waals surface area contributed by atoms with Crippen LogP contribution in [-0.4, -0.2) is 22.3 Å². The van der Waals surface area contributed by atoms with Gasteiger partial charge in [0.05, 0.1) is 4.90 Å². The molecule has 0 atom stereocenters. The van der Waals surface area contributed by atoms with Gasteiger partial charge in [-0.05, 0) is 12.1 Å². The molecule has 0 bridgehead atoms. The Kier molecular flexibility index (Phi) is 3.50. The maximum Gasteiger partial charge on any atom is 0.524 e. The first kappa shape index (κ1) is 13.9. The maximum atomic E-state index is 11.9. The molecule has 1 rings (SSSR count). The third-order valence-corrected chi connectivity index (χ3v) is 4.34. The normalized spacial score (nSPS) is 13.6. The molecule has 17 heavy (non-hydrogen) atoms. The number of benzene rings is 1. The number of rotatable bonds is 3. The Morgan fingerprint density at radius 3 is 1.82 bits per heavy atom. The predicted octanol–water partition coefficient (Wildman–Crippen LogP) is 1.24. The zero-order valence-electron chi connectivity index (χ0n) is 7.88. The molecule has 0 saturated carbocycles. The average molecular weight is 290 g/mol. The van der Waals surface area contributed by atoms with E-state index < -0.39 is 30.6 Å². The van der Waals surface area contributed by atoms with Gasteiger partial charge in [-0.15, -0.1) is 3.63 Å². The van der Waals surface area contributed by atoms with Crippen molar-refractivity contribution in [3.8, 4) is 0 Å². The van der Waals surface area contributed by atoms with E-state index >= 15 is 0 Å². The average Bonchev–Trinajstić information content (AvgIpc) is 2.15. The predicted molar refractivity (Wildman–Crippen MR) is 49.7 cm³/mol. The molecule has 0 amide bonds. The van der Waals surface area contributed by atoms with Crippen molar-refractivity contribution >= 4 is 20.2 Å². The Balaban J connectivity index is 3.14. The molecule has 0 N–H and O–H groups in total. The van der Waals surface area contributed by atoms with Gasteiger partial charge in [0.15, 0.2) is 0 Å². The van der Waals surface area contributed by atoms with Gasteiger partial charge < -0.3 is 0 Å². The molecule has 0 aliphatic rings. The monoisotopic (exact) mass is 290 g/mol. The zero-order valence-corrected chi connectivity index (χ0v) is 9.51. The summed E-state index contributed by atoms with van der Waals surface area (Å²) in [7, 11) is -11.2. The minimum Gasteiger partial charge on any atom is -0.193 e. The molecular weight excluding hydrogens is 285 g/mol. The van der Waals surface area contributed by atoms with E-state index in [0.29, 0.717) is 0 Å². The van der Waals surface area contributed by atoms with Crippen LogP contribution in [0.25, 0.3) is 0 Å². The molecule has 10 heteroatoms. The number of halogens is 3. The molecule has 0 aliphatic heterocycles. The Bertz CT molecular complexity index is 588. The fourth-order valence-electron chi connectivity index (χ4n) is 0.783. The smallest absolute Gasteiger partial charge is 0.193 e. The minimum absolute atomic E-state index is 0.687. The molecule has 0 heterocycles. The van der Waals surface area contributed by atoms with Crippen LogP contribution < -0.4 is 0 Å². The molecule has 0 aromatic heterocycles. The molecule has 0 spiro atoms. The van der Waals surface area contributed by atoms with E-state index in [1.807, 2.05) is 0 Å². The van der Waals surface area contributed by atoms with E-state index in [1.54, 1.807) is 0 Å². The van der Waals surface area contributed by atoms with Crippen LogP contribution in [0.3, 0.4) is 0 Å². The highest BCUT2D eigenvalue weighted by Gasteiger charge is 2.50. The Hall–Kier alpha value is -1.13. The Labute approximate surface area is 95.1 Å². The molecular formula is C7H5F3O5S2. The van der Waals surface area contributed by atoms with Gasteiger partial charge in [0.2, 0.25) is 0 Å². The van der Waals surface area contributed by atoms with Crippen LogP contribution in [0.15, 0.2) is 35.2 Å². The molecule has 1 aromatic carbocycles. The molecule has 1 aromatic rings. The standard InChI is InChI=1S/C7H5F3O5S2/c8-7(9,10)17(13,14)15-16(11,12)6-4-2-1-3-5-6/h1-5H. The van der Waals surface area contributed by atoms with Crippen LogP contribution in [0, 0.1) is 0 Å². The molecule has 96 valence electrons. The van der Waals surface area contributed by atoms with Crippen molar-refractivity contribution in [3.05, 3.63) is 30.3 Å². The third-order valence-electron chi connectivity index (χ3n) is 1.49. The second-order valence-corrected chi connectivity index (χ2v) is 6.03. The van der Waals surface area contributed by atoms with Gasteiger partial charge in [-0.25, -0.2) is 0 Å². The first-order valence-electron chi connectivity index (χ1n) is 3.89. The lowest BCUT2D eigenvalue weighted by atomic mass is 10.4. The Morgan fingerprint density at radius 2 is 1.41 bits per heavy atom. The summed E-state index contributed by atoms with van der Waals surface area (Å²) in [6.45, 7) is 0. The second kappa shape index (κ2) is 4.27. The van der Waals surface area contributed by atoms with Crippen molar-refractivity contribution in [1.29, 1.82) is 0 Å². The topological polar surface area (TPSA) is 77.5 Å². The van der Waals surface area contributed by atoms with Crippen LogP contribution in [0.1, 0.15) is 0 Å². The highest BCUT2D eigenvalue weighted by Crippen LogP contribution is 2.27. The van der Waals surface area contributed by atoms with Crippen LogP contribution in [-0.2, 0) is 23.9 Å². The fourth-order valence-corrected chi connectivity index (χ4v) is 2.84. The summed E-state index contributed by atoms with van der Waals surface area (Å²) in [4.78, 5) is -0.687. The highest BCUT2D eigenvalue weighted by molar-refractivity contribution is 8.00. The van der Waals surface area contributed by atoms with Crippen molar-refractivity contribution in [2.24, 2.45) is 0 Å². The van der Waals surface area contributed by atoms with E-state index in [4.69, 9.17) is 0 Å². The van der Waals surface area contributed by atoms with E-state index in [-0.39, 0.29) is 0 Å². The lowest BCUT2D eigenvalue weighted by Gasteiger charge is -2.08. The van der Waals surface area contributed by atoms with Crippen LogP contribution >= 0.6 is 0 Å². The zero-order chi connectivity index (χ0) is 13.3. The summed E-state index contributed by atoms with van der Waals surface area (Å²) in [5, 5.41) is 0. The Morgan fingerprint density at radius 1 is 0.941 bits per heavy atom.